The van der Waals surface area contributed by atoms with Crippen LogP contribution >= 0.6 is 0 Å². The predicted octanol–water partition coefficient (Wildman–Crippen LogP) is 2.89. The molecule has 3 heteroatoms. The summed E-state index contributed by atoms with van der Waals surface area (Å²) in [7, 11) is 0. The van der Waals surface area contributed by atoms with Gasteiger partial charge in [-0.15, -0.1) is 0 Å². The minimum atomic E-state index is -0.218. The van der Waals surface area contributed by atoms with Gasteiger partial charge in [0.15, 0.2) is 0 Å². The molecule has 0 amide bonds. The van der Waals surface area contributed by atoms with Crippen molar-refractivity contribution < 1.29 is 14.3 Å². The molecule has 0 aliphatic rings. The van der Waals surface area contributed by atoms with Gasteiger partial charge < -0.3 is 9.47 Å². The zero-order valence-electron chi connectivity index (χ0n) is 10.9. The van der Waals surface area contributed by atoms with Crippen LogP contribution < -0.4 is 4.74 Å². The zero-order chi connectivity index (χ0) is 12.8. The topological polar surface area (TPSA) is 35.5 Å². The molecule has 0 N–H and O–H groups in total. The van der Waals surface area contributed by atoms with Gasteiger partial charge in [-0.25, -0.2) is 0 Å². The van der Waals surface area contributed by atoms with Crippen LogP contribution in [0.2, 0.25) is 0 Å². The molecule has 0 fully saturated rings. The molecule has 0 atom stereocenters. The molecule has 3 nitrogen and oxygen atoms in total. The van der Waals surface area contributed by atoms with Crippen LogP contribution in [-0.4, -0.2) is 18.7 Å². The Morgan fingerprint density at radius 3 is 2.65 bits per heavy atom. The molecular weight excluding hydrogens is 216 g/mol. The normalized spacial score (nSPS) is 10.4. The molecule has 1 aromatic carbocycles. The van der Waals surface area contributed by atoms with E-state index in [-0.39, 0.29) is 18.5 Å². The highest BCUT2D eigenvalue weighted by molar-refractivity contribution is 5.73. The number of ether oxygens (including phenoxy) is 2. The highest BCUT2D eigenvalue weighted by Gasteiger charge is 2.11. The fourth-order valence-electron chi connectivity index (χ4n) is 1.54. The molecule has 0 saturated carbocycles. The van der Waals surface area contributed by atoms with E-state index in [9.17, 15) is 4.79 Å². The van der Waals surface area contributed by atoms with Crippen LogP contribution in [0.25, 0.3) is 0 Å². The van der Waals surface area contributed by atoms with Crippen LogP contribution in [0.1, 0.15) is 31.9 Å². The van der Waals surface area contributed by atoms with Crippen LogP contribution in [0.5, 0.6) is 5.75 Å². The van der Waals surface area contributed by atoms with Crippen molar-refractivity contribution in [3.8, 4) is 5.75 Å². The van der Waals surface area contributed by atoms with E-state index >= 15 is 0 Å². The van der Waals surface area contributed by atoms with Gasteiger partial charge in [-0.05, 0) is 39.3 Å². The van der Waals surface area contributed by atoms with Gasteiger partial charge in [0.2, 0.25) is 0 Å². The van der Waals surface area contributed by atoms with Crippen molar-refractivity contribution >= 4 is 5.97 Å². The predicted molar refractivity (Wildman–Crippen MR) is 67.3 cm³/mol. The molecule has 0 spiro atoms. The van der Waals surface area contributed by atoms with Crippen molar-refractivity contribution in [2.75, 3.05) is 6.61 Å². The summed E-state index contributed by atoms with van der Waals surface area (Å²) in [4.78, 5) is 11.5. The minimum absolute atomic E-state index is 0.0951. The fraction of sp³-hybridized carbons (Fsp3) is 0.500. The first kappa shape index (κ1) is 13.6. The van der Waals surface area contributed by atoms with Crippen LogP contribution in [0.3, 0.4) is 0 Å². The lowest BCUT2D eigenvalue weighted by molar-refractivity contribution is -0.142. The second-order valence-corrected chi connectivity index (χ2v) is 4.26. The third-order valence-electron chi connectivity index (χ3n) is 2.23. The molecule has 94 valence electrons. The van der Waals surface area contributed by atoms with E-state index in [1.54, 1.807) is 6.92 Å². The van der Waals surface area contributed by atoms with E-state index in [0.29, 0.717) is 6.61 Å². The van der Waals surface area contributed by atoms with E-state index in [1.165, 1.54) is 0 Å². The molecule has 0 aliphatic heterocycles. The van der Waals surface area contributed by atoms with Crippen molar-refractivity contribution in [3.63, 3.8) is 0 Å². The average Bonchev–Trinajstić information content (AvgIpc) is 2.21. The van der Waals surface area contributed by atoms with Crippen molar-refractivity contribution in [1.82, 2.24) is 0 Å². The van der Waals surface area contributed by atoms with Gasteiger partial charge in [0.25, 0.3) is 0 Å². The minimum Gasteiger partial charge on any atom is -0.491 e. The number of esters is 1. The van der Waals surface area contributed by atoms with Crippen LogP contribution in [0.15, 0.2) is 18.2 Å². The number of rotatable bonds is 5. The summed E-state index contributed by atoms with van der Waals surface area (Å²) in [5.41, 5.74) is 2.00. The third kappa shape index (κ3) is 4.47. The lowest BCUT2D eigenvalue weighted by Crippen LogP contribution is -2.12. The average molecular weight is 236 g/mol. The molecule has 0 unspecified atom stereocenters. The summed E-state index contributed by atoms with van der Waals surface area (Å²) in [6.45, 7) is 8.15. The molecule has 0 aromatic heterocycles. The number of hydrogen-bond donors (Lipinski definition) is 0. The molecule has 0 aliphatic carbocycles. The Bertz CT molecular complexity index is 383. The quantitative estimate of drug-likeness (QED) is 0.737. The van der Waals surface area contributed by atoms with Crippen molar-refractivity contribution in [2.45, 2.75) is 40.2 Å². The Balaban J connectivity index is 2.86. The summed E-state index contributed by atoms with van der Waals surface area (Å²) < 4.78 is 10.6. The molecule has 1 aromatic rings. The van der Waals surface area contributed by atoms with Gasteiger partial charge in [-0.1, -0.05) is 12.1 Å². The van der Waals surface area contributed by atoms with Crippen LogP contribution in [-0.2, 0) is 16.0 Å². The second-order valence-electron chi connectivity index (χ2n) is 4.26. The van der Waals surface area contributed by atoms with E-state index < -0.39 is 0 Å². The van der Waals surface area contributed by atoms with E-state index in [2.05, 4.69) is 0 Å². The lowest BCUT2D eigenvalue weighted by atomic mass is 10.1. The van der Waals surface area contributed by atoms with Gasteiger partial charge in [-0.3, -0.25) is 4.79 Å². The molecule has 0 radical (unpaired) electrons. The largest absolute Gasteiger partial charge is 0.491 e. The maximum Gasteiger partial charge on any atom is 0.310 e. The van der Waals surface area contributed by atoms with Gasteiger partial charge in [-0.2, -0.15) is 0 Å². The Morgan fingerprint density at radius 1 is 1.35 bits per heavy atom. The summed E-state index contributed by atoms with van der Waals surface area (Å²) in [5, 5.41) is 0. The van der Waals surface area contributed by atoms with Gasteiger partial charge in [0, 0.05) is 5.56 Å². The lowest BCUT2D eigenvalue weighted by Gasteiger charge is -2.14. The SMILES string of the molecule is CCOC(=O)Cc1ccc(C)cc1OC(C)C. The van der Waals surface area contributed by atoms with Crippen LogP contribution in [0.4, 0.5) is 0 Å². The molecular formula is C14H20O3. The first-order chi connectivity index (χ1) is 8.02. The number of hydrogen-bond acceptors (Lipinski definition) is 3. The summed E-state index contributed by atoms with van der Waals surface area (Å²) in [6.07, 6.45) is 0.355. The van der Waals surface area contributed by atoms with Crippen molar-refractivity contribution in [1.29, 1.82) is 0 Å². The number of carbonyl (C=O) groups excluding carboxylic acids is 1. The molecule has 17 heavy (non-hydrogen) atoms. The third-order valence-corrected chi connectivity index (χ3v) is 2.23. The summed E-state index contributed by atoms with van der Waals surface area (Å²) >= 11 is 0. The maximum atomic E-state index is 11.5. The molecule has 0 heterocycles. The molecule has 1 rings (SSSR count). The fourth-order valence-corrected chi connectivity index (χ4v) is 1.54. The van der Waals surface area contributed by atoms with Gasteiger partial charge in [0.05, 0.1) is 19.1 Å². The Labute approximate surface area is 103 Å². The van der Waals surface area contributed by atoms with E-state index in [4.69, 9.17) is 9.47 Å². The Morgan fingerprint density at radius 2 is 2.06 bits per heavy atom. The first-order valence-electron chi connectivity index (χ1n) is 5.94. The second kappa shape index (κ2) is 6.28. The van der Waals surface area contributed by atoms with Gasteiger partial charge >= 0.3 is 5.97 Å². The molecule has 0 bridgehead atoms. The number of aryl methyl sites for hydroxylation is 1. The van der Waals surface area contributed by atoms with Crippen molar-refractivity contribution in [2.24, 2.45) is 0 Å². The van der Waals surface area contributed by atoms with E-state index in [1.807, 2.05) is 39.0 Å². The zero-order valence-corrected chi connectivity index (χ0v) is 10.9. The highest BCUT2D eigenvalue weighted by Crippen LogP contribution is 2.22. The monoisotopic (exact) mass is 236 g/mol. The van der Waals surface area contributed by atoms with E-state index in [0.717, 1.165) is 16.9 Å². The molecule has 0 saturated heterocycles. The highest BCUT2D eigenvalue weighted by atomic mass is 16.5. The summed E-state index contributed by atoms with van der Waals surface area (Å²) in [5.74, 6) is 0.554. The standard InChI is InChI=1S/C14H20O3/c1-5-16-14(15)9-12-7-6-11(4)8-13(12)17-10(2)3/h6-8,10H,5,9H2,1-4H3. The van der Waals surface area contributed by atoms with Gasteiger partial charge in [0.1, 0.15) is 5.75 Å². The summed E-state index contributed by atoms with van der Waals surface area (Å²) in [6, 6.07) is 5.85. The van der Waals surface area contributed by atoms with Crippen molar-refractivity contribution in [3.05, 3.63) is 29.3 Å². The Hall–Kier alpha value is -1.51. The smallest absolute Gasteiger partial charge is 0.310 e. The number of benzene rings is 1. The maximum absolute atomic E-state index is 11.5. The Kier molecular flexibility index (Phi) is 5.01. The van der Waals surface area contributed by atoms with Crippen LogP contribution in [0, 0.1) is 6.92 Å². The first-order valence-corrected chi connectivity index (χ1v) is 5.94. The number of carbonyl (C=O) groups is 1.